The van der Waals surface area contributed by atoms with Crippen molar-refractivity contribution < 1.29 is 4.74 Å². The molecule has 0 atom stereocenters. The van der Waals surface area contributed by atoms with Gasteiger partial charge in [-0.2, -0.15) is 5.10 Å². The van der Waals surface area contributed by atoms with Crippen molar-refractivity contribution in [2.24, 2.45) is 7.05 Å². The van der Waals surface area contributed by atoms with Gasteiger partial charge in [0.15, 0.2) is 5.75 Å². The first-order chi connectivity index (χ1) is 9.02. The molecule has 2 aromatic rings. The Hall–Kier alpha value is -1.59. The van der Waals surface area contributed by atoms with E-state index in [0.717, 1.165) is 23.5 Å². The summed E-state index contributed by atoms with van der Waals surface area (Å²) in [5.74, 6) is 1.11. The third-order valence-electron chi connectivity index (χ3n) is 2.89. The van der Waals surface area contributed by atoms with Crippen molar-refractivity contribution in [2.45, 2.75) is 20.4 Å². The van der Waals surface area contributed by atoms with E-state index in [1.54, 1.807) is 10.9 Å². The highest BCUT2D eigenvalue weighted by molar-refractivity contribution is 6.31. The molecule has 6 heteroatoms. The predicted molar refractivity (Wildman–Crippen MR) is 74.8 cm³/mol. The number of nitrogens with zero attached hydrogens (tertiary/aromatic N) is 3. The maximum absolute atomic E-state index is 6.18. The molecule has 1 N–H and O–H groups in total. The van der Waals surface area contributed by atoms with Crippen molar-refractivity contribution in [3.8, 4) is 11.6 Å². The first-order valence-corrected chi connectivity index (χ1v) is 6.37. The van der Waals surface area contributed by atoms with Crippen molar-refractivity contribution >= 4 is 11.6 Å². The van der Waals surface area contributed by atoms with Gasteiger partial charge in [0.05, 0.1) is 5.69 Å². The summed E-state index contributed by atoms with van der Waals surface area (Å²) >= 11 is 6.18. The Kier molecular flexibility index (Phi) is 4.07. The minimum Gasteiger partial charge on any atom is -0.434 e. The predicted octanol–water partition coefficient (Wildman–Crippen LogP) is 2.60. The normalized spacial score (nSPS) is 10.8. The molecule has 2 heterocycles. The van der Waals surface area contributed by atoms with E-state index < -0.39 is 0 Å². The summed E-state index contributed by atoms with van der Waals surface area (Å²) in [6.45, 7) is 4.56. The van der Waals surface area contributed by atoms with E-state index in [2.05, 4.69) is 15.4 Å². The summed E-state index contributed by atoms with van der Waals surface area (Å²) in [7, 11) is 3.75. The Balaban J connectivity index is 2.28. The van der Waals surface area contributed by atoms with Gasteiger partial charge in [-0.05, 0) is 32.5 Å². The van der Waals surface area contributed by atoms with Gasteiger partial charge in [0.25, 0.3) is 0 Å². The molecule has 2 rings (SSSR count). The van der Waals surface area contributed by atoms with E-state index in [-0.39, 0.29) is 0 Å². The Bertz CT molecular complexity index is 595. The van der Waals surface area contributed by atoms with Crippen LogP contribution in [0.1, 0.15) is 17.0 Å². The molecule has 0 saturated heterocycles. The molecule has 0 unspecified atom stereocenters. The van der Waals surface area contributed by atoms with Crippen LogP contribution in [0, 0.1) is 13.8 Å². The second-order valence-corrected chi connectivity index (χ2v) is 4.79. The van der Waals surface area contributed by atoms with E-state index in [1.807, 2.05) is 34.0 Å². The molecule has 0 radical (unpaired) electrons. The molecule has 5 nitrogen and oxygen atoms in total. The van der Waals surface area contributed by atoms with Gasteiger partial charge in [-0.15, -0.1) is 0 Å². The lowest BCUT2D eigenvalue weighted by molar-refractivity contribution is 0.455. The van der Waals surface area contributed by atoms with Gasteiger partial charge in [-0.25, -0.2) is 4.98 Å². The topological polar surface area (TPSA) is 52.0 Å². The lowest BCUT2D eigenvalue weighted by Gasteiger charge is -2.08. The van der Waals surface area contributed by atoms with Crippen LogP contribution in [-0.2, 0) is 13.6 Å². The number of aryl methyl sites for hydroxylation is 2. The maximum Gasteiger partial charge on any atom is 0.238 e. The second kappa shape index (κ2) is 5.59. The highest BCUT2D eigenvalue weighted by Crippen LogP contribution is 2.31. The van der Waals surface area contributed by atoms with Crippen molar-refractivity contribution in [2.75, 3.05) is 7.05 Å². The number of nitrogens with one attached hydrogen (secondary N) is 1. The highest BCUT2D eigenvalue weighted by atomic mass is 35.5. The Labute approximate surface area is 117 Å². The maximum atomic E-state index is 6.18. The van der Waals surface area contributed by atoms with E-state index >= 15 is 0 Å². The molecule has 0 aliphatic carbocycles. The highest BCUT2D eigenvalue weighted by Gasteiger charge is 2.14. The van der Waals surface area contributed by atoms with Gasteiger partial charge in [0.1, 0.15) is 10.7 Å². The summed E-state index contributed by atoms with van der Waals surface area (Å²) in [6.07, 6.45) is 1.75. The molecular formula is C13H17ClN4O. The fourth-order valence-corrected chi connectivity index (χ4v) is 2.07. The van der Waals surface area contributed by atoms with Crippen LogP contribution >= 0.6 is 11.6 Å². The molecule has 0 amide bonds. The summed E-state index contributed by atoms with van der Waals surface area (Å²) in [5.41, 5.74) is 2.77. The number of hydrogen-bond donors (Lipinski definition) is 1. The quantitative estimate of drug-likeness (QED) is 0.935. The van der Waals surface area contributed by atoms with Crippen molar-refractivity contribution in [3.05, 3.63) is 34.2 Å². The fourth-order valence-electron chi connectivity index (χ4n) is 1.84. The molecule has 2 aromatic heterocycles. The van der Waals surface area contributed by atoms with Gasteiger partial charge >= 0.3 is 0 Å². The van der Waals surface area contributed by atoms with Crippen LogP contribution < -0.4 is 10.1 Å². The van der Waals surface area contributed by atoms with Crippen LogP contribution in [-0.4, -0.2) is 21.8 Å². The van der Waals surface area contributed by atoms with Crippen molar-refractivity contribution in [1.82, 2.24) is 20.1 Å². The van der Waals surface area contributed by atoms with Gasteiger partial charge < -0.3 is 10.1 Å². The lowest BCUT2D eigenvalue weighted by Crippen LogP contribution is -2.05. The fraction of sp³-hybridized carbons (Fsp3) is 0.385. The van der Waals surface area contributed by atoms with Gasteiger partial charge in [-0.3, -0.25) is 4.68 Å². The third kappa shape index (κ3) is 2.88. The minimum absolute atomic E-state index is 0.403. The number of ether oxygens (including phenoxy) is 1. The number of aromatic nitrogens is 3. The summed E-state index contributed by atoms with van der Waals surface area (Å²) in [5, 5.41) is 7.84. The van der Waals surface area contributed by atoms with Crippen LogP contribution in [0.3, 0.4) is 0 Å². The largest absolute Gasteiger partial charge is 0.434 e. The number of hydrogen-bond acceptors (Lipinski definition) is 4. The zero-order valence-electron chi connectivity index (χ0n) is 11.5. The van der Waals surface area contributed by atoms with E-state index in [9.17, 15) is 0 Å². The van der Waals surface area contributed by atoms with Crippen LogP contribution in [0.5, 0.6) is 11.6 Å². The average molecular weight is 281 g/mol. The SMILES string of the molecule is CNCc1cnc(Oc2c(C)nn(C)c2C)c(Cl)c1. The minimum atomic E-state index is 0.403. The van der Waals surface area contributed by atoms with Gasteiger partial charge in [0, 0.05) is 19.8 Å². The van der Waals surface area contributed by atoms with Crippen molar-refractivity contribution in [3.63, 3.8) is 0 Å². The summed E-state index contributed by atoms with van der Waals surface area (Å²) < 4.78 is 7.55. The molecule has 102 valence electrons. The number of halogens is 1. The van der Waals surface area contributed by atoms with E-state index in [1.165, 1.54) is 0 Å². The molecule has 0 spiro atoms. The average Bonchev–Trinajstić information content (AvgIpc) is 2.59. The molecule has 0 aliphatic heterocycles. The van der Waals surface area contributed by atoms with Crippen LogP contribution in [0.25, 0.3) is 0 Å². The monoisotopic (exact) mass is 280 g/mol. The Morgan fingerprint density at radius 1 is 1.42 bits per heavy atom. The standard InChI is InChI=1S/C13H17ClN4O/c1-8-12(9(2)18(4)17-8)19-13-11(14)5-10(6-15-3)7-16-13/h5,7,15H,6H2,1-4H3. The zero-order chi connectivity index (χ0) is 14.0. The molecule has 0 aliphatic rings. The number of rotatable bonds is 4. The van der Waals surface area contributed by atoms with Gasteiger partial charge in [-0.1, -0.05) is 11.6 Å². The molecule has 0 fully saturated rings. The van der Waals surface area contributed by atoms with E-state index in [4.69, 9.17) is 16.3 Å². The third-order valence-corrected chi connectivity index (χ3v) is 3.16. The molecule has 0 aromatic carbocycles. The van der Waals surface area contributed by atoms with Crippen LogP contribution in [0.4, 0.5) is 0 Å². The molecule has 0 saturated carbocycles. The first-order valence-electron chi connectivity index (χ1n) is 6.00. The smallest absolute Gasteiger partial charge is 0.238 e. The van der Waals surface area contributed by atoms with E-state index in [0.29, 0.717) is 16.7 Å². The Morgan fingerprint density at radius 2 is 2.16 bits per heavy atom. The van der Waals surface area contributed by atoms with Gasteiger partial charge in [0.2, 0.25) is 5.88 Å². The number of pyridine rings is 1. The summed E-state index contributed by atoms with van der Waals surface area (Å²) in [4.78, 5) is 4.25. The zero-order valence-corrected chi connectivity index (χ0v) is 12.2. The Morgan fingerprint density at radius 3 is 2.68 bits per heavy atom. The van der Waals surface area contributed by atoms with Crippen LogP contribution in [0.2, 0.25) is 5.02 Å². The van der Waals surface area contributed by atoms with Crippen LogP contribution in [0.15, 0.2) is 12.3 Å². The first kappa shape index (κ1) is 13.8. The molecular weight excluding hydrogens is 264 g/mol. The molecule has 19 heavy (non-hydrogen) atoms. The lowest BCUT2D eigenvalue weighted by atomic mass is 10.3. The summed E-state index contributed by atoms with van der Waals surface area (Å²) in [6, 6.07) is 1.85. The second-order valence-electron chi connectivity index (χ2n) is 4.39. The van der Waals surface area contributed by atoms with Crippen molar-refractivity contribution in [1.29, 1.82) is 0 Å². The molecule has 0 bridgehead atoms.